The van der Waals surface area contributed by atoms with Gasteiger partial charge in [0.1, 0.15) is 11.9 Å². The highest BCUT2D eigenvalue weighted by Gasteiger charge is 2.22. The van der Waals surface area contributed by atoms with Crippen LogP contribution in [-0.2, 0) is 7.05 Å². The van der Waals surface area contributed by atoms with Gasteiger partial charge in [-0.3, -0.25) is 5.84 Å². The topological polar surface area (TPSA) is 65.1 Å². The molecule has 2 aromatic rings. The van der Waals surface area contributed by atoms with Crippen LogP contribution in [0.4, 0.5) is 4.39 Å². The molecule has 0 fully saturated rings. The fourth-order valence-electron chi connectivity index (χ4n) is 1.87. The van der Waals surface area contributed by atoms with E-state index < -0.39 is 11.9 Å². The van der Waals surface area contributed by atoms with E-state index in [2.05, 4.69) is 10.4 Å². The Hall–Kier alpha value is -1.92. The number of methoxy groups -OCH3 is 1. The molecule has 0 aliphatic rings. The number of hydrogen-bond donors (Lipinski definition) is 2. The van der Waals surface area contributed by atoms with Crippen LogP contribution in [0.2, 0.25) is 0 Å². The van der Waals surface area contributed by atoms with Gasteiger partial charge in [0, 0.05) is 25.0 Å². The lowest BCUT2D eigenvalue weighted by Gasteiger charge is -2.17. The van der Waals surface area contributed by atoms with Crippen molar-refractivity contribution in [2.24, 2.45) is 12.9 Å². The lowest BCUT2D eigenvalue weighted by Crippen LogP contribution is -2.31. The summed E-state index contributed by atoms with van der Waals surface area (Å²) in [7, 11) is 3.25. The number of nitrogens with zero attached hydrogens (tertiary/aromatic N) is 2. The van der Waals surface area contributed by atoms with Gasteiger partial charge in [0.25, 0.3) is 0 Å². The molecule has 0 spiro atoms. The number of hydrazine groups is 1. The molecule has 1 aromatic heterocycles. The van der Waals surface area contributed by atoms with Gasteiger partial charge in [-0.1, -0.05) is 12.1 Å². The van der Waals surface area contributed by atoms with Gasteiger partial charge in [0.15, 0.2) is 11.6 Å². The zero-order valence-corrected chi connectivity index (χ0v) is 10.2. The number of aromatic nitrogens is 2. The molecule has 1 heterocycles. The van der Waals surface area contributed by atoms with E-state index in [-0.39, 0.29) is 5.75 Å². The number of aryl methyl sites for hydroxylation is 1. The van der Waals surface area contributed by atoms with Crippen LogP contribution in [0, 0.1) is 5.82 Å². The van der Waals surface area contributed by atoms with Gasteiger partial charge >= 0.3 is 0 Å². The van der Waals surface area contributed by atoms with Gasteiger partial charge in [0.05, 0.1) is 7.11 Å². The minimum atomic E-state index is -0.528. The smallest absolute Gasteiger partial charge is 0.170 e. The molecule has 18 heavy (non-hydrogen) atoms. The summed E-state index contributed by atoms with van der Waals surface area (Å²) in [5.41, 5.74) is 2.97. The third-order valence-corrected chi connectivity index (χ3v) is 2.81. The van der Waals surface area contributed by atoms with Crippen LogP contribution < -0.4 is 16.0 Å². The van der Waals surface area contributed by atoms with Crippen LogP contribution in [0.5, 0.6) is 5.75 Å². The Kier molecular flexibility index (Phi) is 3.59. The molecular weight excluding hydrogens is 235 g/mol. The van der Waals surface area contributed by atoms with Gasteiger partial charge < -0.3 is 9.30 Å². The monoisotopic (exact) mass is 250 g/mol. The molecule has 2 rings (SSSR count). The first-order chi connectivity index (χ1) is 8.69. The first kappa shape index (κ1) is 12.5. The Labute approximate surface area is 104 Å². The van der Waals surface area contributed by atoms with E-state index in [0.29, 0.717) is 11.4 Å². The van der Waals surface area contributed by atoms with E-state index in [4.69, 9.17) is 10.6 Å². The van der Waals surface area contributed by atoms with E-state index in [1.54, 1.807) is 35.2 Å². The SMILES string of the molecule is COc1cccc(C(NN)c2nccn2C)c1F. The molecule has 1 atom stereocenters. The average molecular weight is 250 g/mol. The summed E-state index contributed by atoms with van der Waals surface area (Å²) in [6.45, 7) is 0. The lowest BCUT2D eigenvalue weighted by molar-refractivity contribution is 0.381. The second-order valence-electron chi connectivity index (χ2n) is 3.86. The molecule has 0 saturated heterocycles. The molecule has 1 unspecified atom stereocenters. The van der Waals surface area contributed by atoms with Crippen LogP contribution in [0.3, 0.4) is 0 Å². The van der Waals surface area contributed by atoms with E-state index >= 15 is 0 Å². The van der Waals surface area contributed by atoms with Crippen LogP contribution in [0.25, 0.3) is 0 Å². The number of halogens is 1. The molecule has 0 radical (unpaired) electrons. The number of hydrogen-bond acceptors (Lipinski definition) is 4. The largest absolute Gasteiger partial charge is 0.494 e. The maximum Gasteiger partial charge on any atom is 0.170 e. The van der Waals surface area contributed by atoms with Crippen LogP contribution in [-0.4, -0.2) is 16.7 Å². The van der Waals surface area contributed by atoms with Crippen LogP contribution in [0.15, 0.2) is 30.6 Å². The molecule has 0 saturated carbocycles. The molecule has 3 N–H and O–H groups in total. The summed E-state index contributed by atoms with van der Waals surface area (Å²) in [5, 5.41) is 0. The Morgan fingerprint density at radius 2 is 2.28 bits per heavy atom. The summed E-state index contributed by atoms with van der Waals surface area (Å²) in [5.74, 6) is 5.89. The molecule has 96 valence electrons. The second-order valence-corrected chi connectivity index (χ2v) is 3.86. The Bertz CT molecular complexity index is 541. The standard InChI is InChI=1S/C12H15FN4O/c1-17-7-6-15-12(17)11(16-14)8-4-3-5-9(18-2)10(8)13/h3-7,11,16H,14H2,1-2H3. The van der Waals surface area contributed by atoms with Gasteiger partial charge in [-0.2, -0.15) is 0 Å². The van der Waals surface area contributed by atoms with Gasteiger partial charge in [-0.15, -0.1) is 0 Å². The molecule has 0 bridgehead atoms. The third kappa shape index (κ3) is 2.07. The van der Waals surface area contributed by atoms with Crippen molar-refractivity contribution >= 4 is 0 Å². The van der Waals surface area contributed by atoms with Crippen molar-refractivity contribution < 1.29 is 9.13 Å². The summed E-state index contributed by atoms with van der Waals surface area (Å²) >= 11 is 0. The maximum atomic E-state index is 14.2. The van der Waals surface area contributed by atoms with Crippen molar-refractivity contribution in [1.82, 2.24) is 15.0 Å². The van der Waals surface area contributed by atoms with Crippen molar-refractivity contribution in [3.05, 3.63) is 47.8 Å². The number of imidazole rings is 1. The molecule has 1 aromatic carbocycles. The normalized spacial score (nSPS) is 12.4. The Morgan fingerprint density at radius 1 is 1.50 bits per heavy atom. The summed E-state index contributed by atoms with van der Waals surface area (Å²) in [6.07, 6.45) is 3.41. The van der Waals surface area contributed by atoms with Crippen molar-refractivity contribution in [2.45, 2.75) is 6.04 Å². The molecule has 0 aliphatic heterocycles. The maximum absolute atomic E-state index is 14.2. The highest BCUT2D eigenvalue weighted by Crippen LogP contribution is 2.27. The molecule has 0 aliphatic carbocycles. The fraction of sp³-hybridized carbons (Fsp3) is 0.250. The predicted molar refractivity (Wildman–Crippen MR) is 65.3 cm³/mol. The van der Waals surface area contributed by atoms with Crippen molar-refractivity contribution in [3.63, 3.8) is 0 Å². The minimum Gasteiger partial charge on any atom is -0.494 e. The number of nitrogens with one attached hydrogen (secondary N) is 1. The summed E-state index contributed by atoms with van der Waals surface area (Å²) in [6, 6.07) is 4.40. The molecular formula is C12H15FN4O. The fourth-order valence-corrected chi connectivity index (χ4v) is 1.87. The number of benzene rings is 1. The van der Waals surface area contributed by atoms with Crippen molar-refractivity contribution in [3.8, 4) is 5.75 Å². The van der Waals surface area contributed by atoms with Crippen LogP contribution >= 0.6 is 0 Å². The first-order valence-electron chi connectivity index (χ1n) is 5.44. The van der Waals surface area contributed by atoms with Crippen LogP contribution in [0.1, 0.15) is 17.4 Å². The number of nitrogens with two attached hydrogens (primary N) is 1. The highest BCUT2D eigenvalue weighted by molar-refractivity contribution is 5.35. The number of ether oxygens (including phenoxy) is 1. The quantitative estimate of drug-likeness (QED) is 0.630. The zero-order chi connectivity index (χ0) is 13.1. The van der Waals surface area contributed by atoms with E-state index in [1.807, 2.05) is 7.05 Å². The zero-order valence-electron chi connectivity index (χ0n) is 10.2. The Morgan fingerprint density at radius 3 is 2.83 bits per heavy atom. The van der Waals surface area contributed by atoms with E-state index in [9.17, 15) is 4.39 Å². The molecule has 6 heteroatoms. The Balaban J connectivity index is 2.49. The van der Waals surface area contributed by atoms with E-state index in [0.717, 1.165) is 0 Å². The minimum absolute atomic E-state index is 0.182. The highest BCUT2D eigenvalue weighted by atomic mass is 19.1. The first-order valence-corrected chi connectivity index (χ1v) is 5.44. The average Bonchev–Trinajstić information content (AvgIpc) is 2.79. The summed E-state index contributed by atoms with van der Waals surface area (Å²) in [4.78, 5) is 4.17. The summed E-state index contributed by atoms with van der Waals surface area (Å²) < 4.78 is 20.9. The molecule has 0 amide bonds. The number of rotatable bonds is 4. The van der Waals surface area contributed by atoms with E-state index in [1.165, 1.54) is 7.11 Å². The van der Waals surface area contributed by atoms with Crippen molar-refractivity contribution in [1.29, 1.82) is 0 Å². The second kappa shape index (κ2) is 5.16. The molecule has 5 nitrogen and oxygen atoms in total. The third-order valence-electron chi connectivity index (χ3n) is 2.81. The van der Waals surface area contributed by atoms with Gasteiger partial charge in [-0.05, 0) is 6.07 Å². The van der Waals surface area contributed by atoms with Crippen molar-refractivity contribution in [2.75, 3.05) is 7.11 Å². The van der Waals surface area contributed by atoms with Gasteiger partial charge in [0.2, 0.25) is 0 Å². The predicted octanol–water partition coefficient (Wildman–Crippen LogP) is 1.12. The van der Waals surface area contributed by atoms with Gasteiger partial charge in [-0.25, -0.2) is 14.8 Å². The lowest BCUT2D eigenvalue weighted by atomic mass is 10.1.